The third kappa shape index (κ3) is 3.75. The van der Waals surface area contributed by atoms with E-state index in [9.17, 15) is 18.5 Å². The molecular weight excluding hydrogens is 306 g/mol. The number of hydrogen-bond acceptors (Lipinski definition) is 6. The van der Waals surface area contributed by atoms with Crippen molar-refractivity contribution < 1.29 is 13.3 Å². The van der Waals surface area contributed by atoms with Gasteiger partial charge in [-0.25, -0.2) is 8.42 Å². The number of nitrogens with one attached hydrogen (secondary N) is 1. The maximum Gasteiger partial charge on any atom is 0.310 e. The van der Waals surface area contributed by atoms with Gasteiger partial charge >= 0.3 is 5.69 Å². The maximum absolute atomic E-state index is 11.7. The zero-order chi connectivity index (χ0) is 16.5. The molecule has 0 radical (unpaired) electrons. The van der Waals surface area contributed by atoms with Crippen molar-refractivity contribution in [3.05, 3.63) is 28.3 Å². The molecule has 8 heteroatoms. The van der Waals surface area contributed by atoms with Gasteiger partial charge in [-0.1, -0.05) is 6.07 Å². The van der Waals surface area contributed by atoms with Gasteiger partial charge in [-0.2, -0.15) is 0 Å². The molecule has 1 aliphatic rings. The Morgan fingerprint density at radius 3 is 2.50 bits per heavy atom. The lowest BCUT2D eigenvalue weighted by molar-refractivity contribution is -0.386. The summed E-state index contributed by atoms with van der Waals surface area (Å²) in [6, 6.07) is 4.62. The van der Waals surface area contributed by atoms with E-state index in [1.165, 1.54) is 12.1 Å². The minimum atomic E-state index is -3.65. The number of sulfone groups is 1. The van der Waals surface area contributed by atoms with Crippen molar-refractivity contribution in [2.45, 2.75) is 23.8 Å². The van der Waals surface area contributed by atoms with Crippen molar-refractivity contribution in [2.75, 3.05) is 32.2 Å². The summed E-state index contributed by atoms with van der Waals surface area (Å²) in [5, 5.41) is 14.4. The molecule has 0 amide bonds. The Kier molecular flexibility index (Phi) is 4.72. The quantitative estimate of drug-likeness (QED) is 0.606. The van der Waals surface area contributed by atoms with Crippen molar-refractivity contribution >= 4 is 21.2 Å². The first-order valence-electron chi connectivity index (χ1n) is 7.09. The molecule has 1 aromatic rings. The molecule has 1 aromatic carbocycles. The fourth-order valence-corrected chi connectivity index (χ4v) is 3.48. The monoisotopic (exact) mass is 327 g/mol. The van der Waals surface area contributed by atoms with Gasteiger partial charge in [0.2, 0.25) is 0 Å². The summed E-state index contributed by atoms with van der Waals surface area (Å²) in [5.74, 6) is 0.597. The molecule has 0 aliphatic heterocycles. The second kappa shape index (κ2) is 6.21. The molecule has 0 bridgehead atoms. The molecule has 1 saturated carbocycles. The first-order chi connectivity index (χ1) is 10.2. The lowest BCUT2D eigenvalue weighted by Gasteiger charge is -2.25. The number of anilines is 1. The number of para-hydroxylation sites is 1. The first kappa shape index (κ1) is 16.7. The van der Waals surface area contributed by atoms with Gasteiger partial charge in [0.05, 0.1) is 4.92 Å². The van der Waals surface area contributed by atoms with E-state index in [1.807, 2.05) is 14.1 Å². The van der Waals surface area contributed by atoms with Crippen LogP contribution in [0.15, 0.2) is 23.1 Å². The van der Waals surface area contributed by atoms with Crippen LogP contribution in [-0.4, -0.2) is 51.2 Å². The van der Waals surface area contributed by atoms with Crippen LogP contribution in [0, 0.1) is 16.0 Å². The molecule has 122 valence electrons. The van der Waals surface area contributed by atoms with E-state index >= 15 is 0 Å². The van der Waals surface area contributed by atoms with Gasteiger partial charge in [0.25, 0.3) is 0 Å². The molecule has 1 atom stereocenters. The molecule has 1 unspecified atom stereocenters. The minimum absolute atomic E-state index is 0.250. The van der Waals surface area contributed by atoms with Gasteiger partial charge in [-0.05, 0) is 45.0 Å². The second-order valence-electron chi connectivity index (χ2n) is 5.93. The van der Waals surface area contributed by atoms with Crippen molar-refractivity contribution in [1.82, 2.24) is 4.90 Å². The third-order valence-corrected chi connectivity index (χ3v) is 5.04. The van der Waals surface area contributed by atoms with Crippen LogP contribution in [0.2, 0.25) is 0 Å². The standard InChI is InChI=1S/C14H21N3O4S/c1-16(2)12(10-7-8-10)9-15-11-5-4-6-13(22(3,20)21)14(11)17(18)19/h4-6,10,12,15H,7-9H2,1-3H3. The van der Waals surface area contributed by atoms with Crippen LogP contribution in [0.5, 0.6) is 0 Å². The predicted octanol–water partition coefficient (Wildman–Crippen LogP) is 1.75. The lowest BCUT2D eigenvalue weighted by atomic mass is 10.1. The number of rotatable bonds is 7. The van der Waals surface area contributed by atoms with Crippen molar-refractivity contribution in [3.63, 3.8) is 0 Å². The Morgan fingerprint density at radius 1 is 1.41 bits per heavy atom. The van der Waals surface area contributed by atoms with Gasteiger partial charge in [0, 0.05) is 18.8 Å². The molecule has 0 saturated heterocycles. The van der Waals surface area contributed by atoms with Crippen molar-refractivity contribution in [2.24, 2.45) is 5.92 Å². The van der Waals surface area contributed by atoms with E-state index < -0.39 is 14.8 Å². The van der Waals surface area contributed by atoms with Crippen LogP contribution < -0.4 is 5.32 Å². The third-order valence-electron chi connectivity index (χ3n) is 3.91. The fraction of sp³-hybridized carbons (Fsp3) is 0.571. The first-order valence-corrected chi connectivity index (χ1v) is 8.98. The molecular formula is C14H21N3O4S. The van der Waals surface area contributed by atoms with Crippen LogP contribution in [-0.2, 0) is 9.84 Å². The zero-order valence-electron chi connectivity index (χ0n) is 12.9. The largest absolute Gasteiger partial charge is 0.378 e. The normalized spacial score (nSPS) is 16.5. The number of nitro groups is 1. The van der Waals surface area contributed by atoms with Crippen molar-refractivity contribution in [3.8, 4) is 0 Å². The summed E-state index contributed by atoms with van der Waals surface area (Å²) in [4.78, 5) is 12.5. The van der Waals surface area contributed by atoms with Gasteiger partial charge < -0.3 is 10.2 Å². The van der Waals surface area contributed by atoms with E-state index in [1.54, 1.807) is 6.07 Å². The van der Waals surface area contributed by atoms with Crippen LogP contribution in [0.3, 0.4) is 0 Å². The summed E-state index contributed by atoms with van der Waals surface area (Å²) in [6.07, 6.45) is 3.30. The molecule has 7 nitrogen and oxygen atoms in total. The van der Waals surface area contributed by atoms with Gasteiger partial charge in [0.15, 0.2) is 9.84 Å². The molecule has 1 N–H and O–H groups in total. The number of nitro benzene ring substituents is 1. The Labute approximate surface area is 130 Å². The van der Waals surface area contributed by atoms with Crippen LogP contribution >= 0.6 is 0 Å². The van der Waals surface area contributed by atoms with Gasteiger partial charge in [-0.3, -0.25) is 10.1 Å². The predicted molar refractivity (Wildman–Crippen MR) is 84.9 cm³/mol. The molecule has 2 rings (SSSR count). The highest BCUT2D eigenvalue weighted by atomic mass is 32.2. The topological polar surface area (TPSA) is 92.6 Å². The summed E-state index contributed by atoms with van der Waals surface area (Å²) in [5.41, 5.74) is -0.126. The Bertz CT molecular complexity index is 667. The maximum atomic E-state index is 11.7. The van der Waals surface area contributed by atoms with Crippen LogP contribution in [0.4, 0.5) is 11.4 Å². The van der Waals surface area contributed by atoms with E-state index in [4.69, 9.17) is 0 Å². The van der Waals surface area contributed by atoms with E-state index in [-0.39, 0.29) is 22.3 Å². The molecule has 22 heavy (non-hydrogen) atoms. The summed E-state index contributed by atoms with van der Waals surface area (Å²) < 4.78 is 23.5. The van der Waals surface area contributed by atoms with E-state index in [2.05, 4.69) is 10.2 Å². The number of nitrogens with zero attached hydrogens (tertiary/aromatic N) is 2. The summed E-state index contributed by atoms with van der Waals surface area (Å²) in [7, 11) is 0.304. The Hall–Kier alpha value is -1.67. The molecule has 1 fully saturated rings. The smallest absolute Gasteiger partial charge is 0.310 e. The summed E-state index contributed by atoms with van der Waals surface area (Å²) in [6.45, 7) is 0.547. The van der Waals surface area contributed by atoms with Crippen molar-refractivity contribution in [1.29, 1.82) is 0 Å². The van der Waals surface area contributed by atoms with Gasteiger partial charge in [0.1, 0.15) is 10.6 Å². The molecule has 0 aromatic heterocycles. The van der Waals surface area contributed by atoms with Crippen LogP contribution in [0.25, 0.3) is 0 Å². The van der Waals surface area contributed by atoms with E-state index in [0.29, 0.717) is 12.5 Å². The van der Waals surface area contributed by atoms with Gasteiger partial charge in [-0.15, -0.1) is 0 Å². The Balaban J connectivity index is 2.29. The number of likely N-dealkylation sites (N-methyl/N-ethyl adjacent to an activating group) is 1. The minimum Gasteiger partial charge on any atom is -0.378 e. The lowest BCUT2D eigenvalue weighted by Crippen LogP contribution is -2.36. The van der Waals surface area contributed by atoms with E-state index in [0.717, 1.165) is 19.1 Å². The average molecular weight is 327 g/mol. The molecule has 1 aliphatic carbocycles. The highest BCUT2D eigenvalue weighted by Gasteiger charge is 2.33. The highest BCUT2D eigenvalue weighted by Crippen LogP contribution is 2.36. The van der Waals surface area contributed by atoms with Crippen LogP contribution in [0.1, 0.15) is 12.8 Å². The molecule has 0 spiro atoms. The number of benzene rings is 1. The zero-order valence-corrected chi connectivity index (χ0v) is 13.8. The Morgan fingerprint density at radius 2 is 2.05 bits per heavy atom. The average Bonchev–Trinajstić information content (AvgIpc) is 3.21. The second-order valence-corrected chi connectivity index (χ2v) is 7.92. The highest BCUT2D eigenvalue weighted by molar-refractivity contribution is 7.90. The summed E-state index contributed by atoms with van der Waals surface area (Å²) >= 11 is 0. The molecule has 0 heterocycles. The fourth-order valence-electron chi connectivity index (χ4n) is 2.62. The number of hydrogen-bond donors (Lipinski definition) is 1. The SMILES string of the molecule is CN(C)C(CNc1cccc(S(C)(=O)=O)c1[N+](=O)[O-])C1CC1.